The number of nitrogens with zero attached hydrogens (tertiary/aromatic N) is 1. The molecule has 0 aliphatic carbocycles. The van der Waals surface area contributed by atoms with Crippen molar-refractivity contribution in [2.75, 3.05) is 13.2 Å². The Morgan fingerprint density at radius 3 is 2.75 bits per heavy atom. The van der Waals surface area contributed by atoms with Crippen LogP contribution in [0.4, 0.5) is 0 Å². The molecule has 2 aromatic carbocycles. The lowest BCUT2D eigenvalue weighted by Crippen LogP contribution is -2.30. The van der Waals surface area contributed by atoms with Gasteiger partial charge in [-0.1, -0.05) is 53.8 Å². The molecule has 2 aromatic rings. The highest BCUT2D eigenvalue weighted by molar-refractivity contribution is 9.10. The molecule has 0 bridgehead atoms. The van der Waals surface area contributed by atoms with Crippen LogP contribution in [0.5, 0.6) is 11.5 Å². The second-order valence-corrected chi connectivity index (χ2v) is 9.55. The molecule has 1 fully saturated rings. The van der Waals surface area contributed by atoms with Gasteiger partial charge < -0.3 is 14.6 Å². The van der Waals surface area contributed by atoms with E-state index in [0.717, 1.165) is 28.5 Å². The molecule has 0 radical (unpaired) electrons. The zero-order valence-electron chi connectivity index (χ0n) is 17.6. The van der Waals surface area contributed by atoms with Crippen molar-refractivity contribution >= 4 is 62.2 Å². The maximum absolute atomic E-state index is 12.7. The van der Waals surface area contributed by atoms with Crippen molar-refractivity contribution < 1.29 is 24.2 Å². The van der Waals surface area contributed by atoms with Crippen LogP contribution in [-0.2, 0) is 16.2 Å². The number of carbonyl (C=O) groups excluding carboxylic acids is 1. The van der Waals surface area contributed by atoms with E-state index in [2.05, 4.69) is 22.0 Å². The molecule has 0 atom stereocenters. The topological polar surface area (TPSA) is 76.1 Å². The molecule has 0 spiro atoms. The highest BCUT2D eigenvalue weighted by atomic mass is 79.9. The van der Waals surface area contributed by atoms with Crippen LogP contribution in [0.3, 0.4) is 0 Å². The van der Waals surface area contributed by atoms with Crippen LogP contribution in [0, 0.1) is 6.92 Å². The molecule has 6 nitrogen and oxygen atoms in total. The maximum Gasteiger partial charge on any atom is 0.305 e. The molecule has 1 amide bonds. The zero-order valence-corrected chi connectivity index (χ0v) is 20.8. The van der Waals surface area contributed by atoms with Crippen molar-refractivity contribution in [3.8, 4) is 11.5 Å². The van der Waals surface area contributed by atoms with E-state index in [1.165, 1.54) is 4.90 Å². The lowest BCUT2D eigenvalue weighted by atomic mass is 10.1. The van der Waals surface area contributed by atoms with E-state index in [-0.39, 0.29) is 18.9 Å². The first-order valence-electron chi connectivity index (χ1n) is 9.90. The monoisotopic (exact) mass is 535 g/mol. The van der Waals surface area contributed by atoms with Gasteiger partial charge in [0.1, 0.15) is 10.9 Å². The molecule has 0 unspecified atom stereocenters. The first-order valence-corrected chi connectivity index (χ1v) is 11.9. The third-order valence-electron chi connectivity index (χ3n) is 4.52. The van der Waals surface area contributed by atoms with E-state index in [1.807, 2.05) is 44.2 Å². The number of ether oxygens (including phenoxy) is 2. The number of aliphatic carboxylic acids is 1. The minimum atomic E-state index is -0.977. The smallest absolute Gasteiger partial charge is 0.305 e. The Bertz CT molecular complexity index is 1090. The summed E-state index contributed by atoms with van der Waals surface area (Å²) in [4.78, 5) is 25.3. The van der Waals surface area contributed by atoms with E-state index < -0.39 is 5.97 Å². The van der Waals surface area contributed by atoms with Crippen molar-refractivity contribution in [2.24, 2.45) is 0 Å². The molecule has 1 N–H and O–H groups in total. The molecule has 1 aliphatic rings. The Balaban J connectivity index is 1.83. The standard InChI is InChI=1S/C23H22BrNO5S2/c1-3-29-18-11-16(12-19-22(28)25(23(31)32-19)8-7-20(26)27)10-17(24)21(18)30-13-15-6-4-5-14(2)9-15/h4-6,9-12H,3,7-8,13H2,1-2H3,(H,26,27)/b19-12+. The van der Waals surface area contributed by atoms with E-state index in [9.17, 15) is 9.59 Å². The molecule has 1 saturated heterocycles. The molecule has 168 valence electrons. The quantitative estimate of drug-likeness (QED) is 0.339. The summed E-state index contributed by atoms with van der Waals surface area (Å²) in [6.07, 6.45) is 1.56. The van der Waals surface area contributed by atoms with Crippen LogP contribution in [0.1, 0.15) is 30.0 Å². The van der Waals surface area contributed by atoms with E-state index >= 15 is 0 Å². The number of carbonyl (C=O) groups is 2. The van der Waals surface area contributed by atoms with Crippen LogP contribution in [0.15, 0.2) is 45.8 Å². The van der Waals surface area contributed by atoms with E-state index in [0.29, 0.717) is 38.4 Å². The normalized spacial score (nSPS) is 14.8. The number of hydrogen-bond donors (Lipinski definition) is 1. The Labute approximate surface area is 204 Å². The highest BCUT2D eigenvalue weighted by Crippen LogP contribution is 2.39. The van der Waals surface area contributed by atoms with E-state index in [1.54, 1.807) is 6.08 Å². The zero-order chi connectivity index (χ0) is 23.3. The second-order valence-electron chi connectivity index (χ2n) is 7.02. The molecule has 9 heteroatoms. The summed E-state index contributed by atoms with van der Waals surface area (Å²) in [6.45, 7) is 4.82. The molecule has 1 aliphatic heterocycles. The highest BCUT2D eigenvalue weighted by Gasteiger charge is 2.32. The number of halogens is 1. The van der Waals surface area contributed by atoms with Crippen LogP contribution in [0.2, 0.25) is 0 Å². The molecule has 1 heterocycles. The van der Waals surface area contributed by atoms with Gasteiger partial charge in [-0.05, 0) is 59.1 Å². The number of thiocarbonyl (C=S) groups is 1. The summed E-state index contributed by atoms with van der Waals surface area (Å²) in [7, 11) is 0. The summed E-state index contributed by atoms with van der Waals surface area (Å²) in [5, 5.41) is 8.88. The fourth-order valence-corrected chi connectivity index (χ4v) is 4.97. The van der Waals surface area contributed by atoms with Crippen LogP contribution < -0.4 is 9.47 Å². The predicted molar refractivity (Wildman–Crippen MR) is 133 cm³/mol. The SMILES string of the molecule is CCOc1cc(/C=C2/SC(=S)N(CCC(=O)O)C2=O)cc(Br)c1OCc1cccc(C)c1. The van der Waals surface area contributed by atoms with Crippen molar-refractivity contribution in [1.29, 1.82) is 0 Å². The van der Waals surface area contributed by atoms with Crippen molar-refractivity contribution in [3.05, 3.63) is 62.5 Å². The average molecular weight is 536 g/mol. The van der Waals surface area contributed by atoms with Gasteiger partial charge in [-0.25, -0.2) is 0 Å². The Kier molecular flexibility index (Phi) is 8.33. The van der Waals surface area contributed by atoms with Crippen LogP contribution >= 0.6 is 39.9 Å². The summed E-state index contributed by atoms with van der Waals surface area (Å²) in [5.41, 5.74) is 2.95. The van der Waals surface area contributed by atoms with Crippen LogP contribution in [0.25, 0.3) is 6.08 Å². The van der Waals surface area contributed by atoms with Gasteiger partial charge in [0.2, 0.25) is 0 Å². The van der Waals surface area contributed by atoms with Crippen molar-refractivity contribution in [3.63, 3.8) is 0 Å². The van der Waals surface area contributed by atoms with Gasteiger partial charge in [0.25, 0.3) is 5.91 Å². The molecule has 0 saturated carbocycles. The third-order valence-corrected chi connectivity index (χ3v) is 6.48. The number of rotatable bonds is 9. The minimum absolute atomic E-state index is 0.0525. The summed E-state index contributed by atoms with van der Waals surface area (Å²) in [5.74, 6) is -0.133. The molecule has 3 rings (SSSR count). The third kappa shape index (κ3) is 6.11. The molecular formula is C23H22BrNO5S2. The minimum Gasteiger partial charge on any atom is -0.490 e. The van der Waals surface area contributed by atoms with Gasteiger partial charge in [-0.3, -0.25) is 14.5 Å². The average Bonchev–Trinajstić information content (AvgIpc) is 2.98. The lowest BCUT2D eigenvalue weighted by molar-refractivity contribution is -0.137. The number of benzene rings is 2. The maximum atomic E-state index is 12.7. The van der Waals surface area contributed by atoms with Gasteiger partial charge in [-0.2, -0.15) is 0 Å². The van der Waals surface area contributed by atoms with Gasteiger partial charge in [-0.15, -0.1) is 0 Å². The first-order chi connectivity index (χ1) is 15.3. The largest absolute Gasteiger partial charge is 0.490 e. The van der Waals surface area contributed by atoms with Crippen molar-refractivity contribution in [1.82, 2.24) is 4.90 Å². The summed E-state index contributed by atoms with van der Waals surface area (Å²) in [6, 6.07) is 11.7. The number of carboxylic acid groups (broad SMARTS) is 1. The molecule has 0 aromatic heterocycles. The number of carboxylic acids is 1. The molecule has 32 heavy (non-hydrogen) atoms. The molecular weight excluding hydrogens is 514 g/mol. The predicted octanol–water partition coefficient (Wildman–Crippen LogP) is 5.41. The second kappa shape index (κ2) is 11.0. The van der Waals surface area contributed by atoms with Gasteiger partial charge in [0.05, 0.1) is 22.4 Å². The Morgan fingerprint density at radius 2 is 2.06 bits per heavy atom. The van der Waals surface area contributed by atoms with Gasteiger partial charge in [0.15, 0.2) is 11.5 Å². The summed E-state index contributed by atoms with van der Waals surface area (Å²) < 4.78 is 12.9. The van der Waals surface area contributed by atoms with Gasteiger partial charge >= 0.3 is 5.97 Å². The number of amides is 1. The summed E-state index contributed by atoms with van der Waals surface area (Å²) >= 11 is 9.96. The number of hydrogen-bond acceptors (Lipinski definition) is 6. The van der Waals surface area contributed by atoms with Gasteiger partial charge in [0, 0.05) is 6.54 Å². The van der Waals surface area contributed by atoms with Crippen LogP contribution in [-0.4, -0.2) is 39.4 Å². The fourth-order valence-electron chi connectivity index (χ4n) is 3.08. The Morgan fingerprint density at radius 1 is 1.28 bits per heavy atom. The Hall–Kier alpha value is -2.36. The lowest BCUT2D eigenvalue weighted by Gasteiger charge is -2.15. The van der Waals surface area contributed by atoms with E-state index in [4.69, 9.17) is 26.8 Å². The fraction of sp³-hybridized carbons (Fsp3) is 0.261. The first kappa shape index (κ1) is 24.3. The number of thioether (sulfide) groups is 1. The number of aryl methyl sites for hydroxylation is 1. The van der Waals surface area contributed by atoms with Crippen molar-refractivity contribution in [2.45, 2.75) is 26.9 Å².